The van der Waals surface area contributed by atoms with Gasteiger partial charge < -0.3 is 21.3 Å². The largest absolute Gasteiger partial charge is 0.390 e. The first-order valence-electron chi connectivity index (χ1n) is 9.45. The lowest BCUT2D eigenvalue weighted by atomic mass is 9.49. The topological polar surface area (TPSA) is 113 Å². The highest BCUT2D eigenvalue weighted by Crippen LogP contribution is 2.55. The molecule has 0 aromatic rings. The molecule has 0 aromatic heterocycles. The maximum absolute atomic E-state index is 13.3. The van der Waals surface area contributed by atoms with Gasteiger partial charge in [0.05, 0.1) is 12.2 Å². The third-order valence-electron chi connectivity index (χ3n) is 6.60. The summed E-state index contributed by atoms with van der Waals surface area (Å²) >= 11 is 0. The van der Waals surface area contributed by atoms with Crippen LogP contribution < -0.4 is 11.1 Å². The zero-order valence-corrected chi connectivity index (χ0v) is 16.1. The number of amides is 2. The van der Waals surface area contributed by atoms with E-state index in [1.54, 1.807) is 0 Å². The van der Waals surface area contributed by atoms with Crippen LogP contribution in [0.2, 0.25) is 0 Å². The number of fused-ring (bicyclic) bond motifs is 1. The van der Waals surface area contributed by atoms with E-state index in [2.05, 4.69) is 19.2 Å². The molecule has 1 saturated carbocycles. The third-order valence-corrected chi connectivity index (χ3v) is 6.60. The van der Waals surface area contributed by atoms with Gasteiger partial charge in [-0.25, -0.2) is 4.79 Å². The molecule has 1 fully saturated rings. The van der Waals surface area contributed by atoms with Gasteiger partial charge in [-0.2, -0.15) is 0 Å². The Bertz CT molecular complexity index is 603. The van der Waals surface area contributed by atoms with Crippen LogP contribution in [0.15, 0.2) is 24.4 Å². The van der Waals surface area contributed by atoms with Crippen LogP contribution in [-0.2, 0) is 4.79 Å². The molecule has 0 spiro atoms. The molecular formula is C20H32N2O4. The predicted molar refractivity (Wildman–Crippen MR) is 99.8 cm³/mol. The molecule has 26 heavy (non-hydrogen) atoms. The van der Waals surface area contributed by atoms with Gasteiger partial charge in [0.15, 0.2) is 5.78 Å². The molecular weight excluding hydrogens is 332 g/mol. The van der Waals surface area contributed by atoms with Crippen molar-refractivity contribution in [3.05, 3.63) is 24.4 Å². The van der Waals surface area contributed by atoms with Gasteiger partial charge in [-0.3, -0.25) is 4.79 Å². The van der Waals surface area contributed by atoms with E-state index in [0.29, 0.717) is 6.42 Å². The molecule has 5 N–H and O–H groups in total. The molecule has 0 saturated heterocycles. The second-order valence-corrected chi connectivity index (χ2v) is 8.16. The van der Waals surface area contributed by atoms with E-state index in [0.717, 1.165) is 6.42 Å². The number of nitrogens with two attached hydrogens (primary N) is 1. The van der Waals surface area contributed by atoms with Crippen LogP contribution in [0, 0.1) is 35.0 Å². The number of allylic oxidation sites excluding steroid dienone is 2. The quantitative estimate of drug-likeness (QED) is 0.441. The number of aliphatic hydroxyl groups excluding tert-OH is 2. The summed E-state index contributed by atoms with van der Waals surface area (Å²) in [5, 5.41) is 23.0. The van der Waals surface area contributed by atoms with Crippen LogP contribution >= 0.6 is 0 Å². The van der Waals surface area contributed by atoms with E-state index in [1.165, 1.54) is 12.3 Å². The van der Waals surface area contributed by atoms with Crippen LogP contribution in [0.4, 0.5) is 4.79 Å². The zero-order valence-electron chi connectivity index (χ0n) is 16.1. The summed E-state index contributed by atoms with van der Waals surface area (Å²) in [5.41, 5.74) is 4.33. The van der Waals surface area contributed by atoms with E-state index < -0.39 is 23.7 Å². The van der Waals surface area contributed by atoms with Crippen LogP contribution in [0.25, 0.3) is 0 Å². The normalized spacial score (nSPS) is 40.8. The lowest BCUT2D eigenvalue weighted by molar-refractivity contribution is -0.149. The second kappa shape index (κ2) is 7.92. The van der Waals surface area contributed by atoms with Gasteiger partial charge in [-0.1, -0.05) is 46.3 Å². The number of hydrogen-bond donors (Lipinski definition) is 4. The molecule has 146 valence electrons. The summed E-state index contributed by atoms with van der Waals surface area (Å²) in [6, 6.07) is -0.719. The summed E-state index contributed by atoms with van der Waals surface area (Å²) in [6.07, 6.45) is 6.44. The summed E-state index contributed by atoms with van der Waals surface area (Å²) in [6.45, 7) is 8.23. The van der Waals surface area contributed by atoms with Crippen molar-refractivity contribution >= 4 is 11.8 Å². The van der Waals surface area contributed by atoms with Crippen molar-refractivity contribution < 1.29 is 19.8 Å². The average Bonchev–Trinajstić information content (AvgIpc) is 2.58. The summed E-state index contributed by atoms with van der Waals surface area (Å²) in [5.74, 6) is -0.0527. The molecule has 0 heterocycles. The number of nitrogens with one attached hydrogen (secondary N) is 1. The molecule has 8 atom stereocenters. The van der Waals surface area contributed by atoms with Crippen molar-refractivity contribution in [2.45, 2.75) is 52.7 Å². The monoisotopic (exact) mass is 364 g/mol. The average molecular weight is 364 g/mol. The Morgan fingerprint density at radius 2 is 2.04 bits per heavy atom. The summed E-state index contributed by atoms with van der Waals surface area (Å²) in [7, 11) is 0. The highest BCUT2D eigenvalue weighted by Gasteiger charge is 2.57. The van der Waals surface area contributed by atoms with Gasteiger partial charge in [0.1, 0.15) is 0 Å². The Balaban J connectivity index is 2.47. The molecule has 0 bridgehead atoms. The van der Waals surface area contributed by atoms with Crippen LogP contribution in [0.3, 0.4) is 0 Å². The Kier molecular flexibility index (Phi) is 6.29. The van der Waals surface area contributed by atoms with E-state index in [1.807, 2.05) is 26.0 Å². The molecule has 0 radical (unpaired) electrons. The minimum atomic E-state index is -0.870. The van der Waals surface area contributed by atoms with Gasteiger partial charge in [0.2, 0.25) is 0 Å². The Hall–Kier alpha value is -1.66. The number of rotatable bonds is 5. The first kappa shape index (κ1) is 20.6. The number of urea groups is 1. The fourth-order valence-corrected chi connectivity index (χ4v) is 5.15. The first-order chi connectivity index (χ1) is 12.1. The molecule has 2 aliphatic rings. The number of aliphatic hydroxyl groups is 2. The van der Waals surface area contributed by atoms with Crippen molar-refractivity contribution in [3.63, 3.8) is 0 Å². The molecule has 0 aliphatic heterocycles. The summed E-state index contributed by atoms with van der Waals surface area (Å²) in [4.78, 5) is 24.2. The zero-order chi connectivity index (χ0) is 19.6. The van der Waals surface area contributed by atoms with Crippen molar-refractivity contribution in [3.8, 4) is 0 Å². The van der Waals surface area contributed by atoms with E-state index in [-0.39, 0.29) is 35.4 Å². The first-order valence-corrected chi connectivity index (χ1v) is 9.45. The highest BCUT2D eigenvalue weighted by atomic mass is 16.3. The van der Waals surface area contributed by atoms with E-state index in [9.17, 15) is 19.8 Å². The van der Waals surface area contributed by atoms with Crippen LogP contribution in [-0.4, -0.2) is 34.2 Å². The number of hydrogen-bond acceptors (Lipinski definition) is 4. The maximum Gasteiger partial charge on any atom is 0.316 e. The molecule has 6 heteroatoms. The molecule has 0 aromatic carbocycles. The standard InChI is InChI=1S/C20H32N2O4/c1-5-11(2)14-7-6-13-17(12(3)10-15(23)18(13)25)20(14,4)16(24)8-9-22-19(21)26/h6-9,11-15,17-18,23,25H,5,10H2,1-4H3,(H3,21,22,26). The van der Waals surface area contributed by atoms with Gasteiger partial charge in [-0.05, 0) is 36.2 Å². The molecule has 2 aliphatic carbocycles. The molecule has 6 nitrogen and oxygen atoms in total. The van der Waals surface area contributed by atoms with Crippen LogP contribution in [0.1, 0.15) is 40.5 Å². The minimum absolute atomic E-state index is 0.0179. The molecule has 2 amide bonds. The van der Waals surface area contributed by atoms with Gasteiger partial charge in [0.25, 0.3) is 0 Å². The predicted octanol–water partition coefficient (Wildman–Crippen LogP) is 1.97. The lowest BCUT2D eigenvalue weighted by Crippen LogP contribution is -2.57. The van der Waals surface area contributed by atoms with Crippen molar-refractivity contribution in [2.24, 2.45) is 40.7 Å². The van der Waals surface area contributed by atoms with Crippen molar-refractivity contribution in [1.82, 2.24) is 5.32 Å². The van der Waals surface area contributed by atoms with Crippen LogP contribution in [0.5, 0.6) is 0 Å². The third kappa shape index (κ3) is 3.58. The van der Waals surface area contributed by atoms with Crippen molar-refractivity contribution in [2.75, 3.05) is 0 Å². The second-order valence-electron chi connectivity index (χ2n) is 8.16. The Morgan fingerprint density at radius 1 is 1.38 bits per heavy atom. The molecule has 2 rings (SSSR count). The number of carbonyl (C=O) groups is 2. The SMILES string of the molecule is CCC(C)C1C=CC2C(O)C(O)CC(C)C2C1(C)C(=O)C=CNC(N)=O. The van der Waals surface area contributed by atoms with Gasteiger partial charge in [0, 0.05) is 17.5 Å². The number of ketones is 1. The maximum atomic E-state index is 13.3. The highest BCUT2D eigenvalue weighted by molar-refractivity contribution is 5.96. The fourth-order valence-electron chi connectivity index (χ4n) is 5.15. The lowest BCUT2D eigenvalue weighted by Gasteiger charge is -2.55. The van der Waals surface area contributed by atoms with E-state index in [4.69, 9.17) is 5.73 Å². The molecule has 8 unspecified atom stereocenters. The number of primary amides is 1. The minimum Gasteiger partial charge on any atom is -0.390 e. The Labute approximate surface area is 155 Å². The van der Waals surface area contributed by atoms with Gasteiger partial charge in [-0.15, -0.1) is 0 Å². The van der Waals surface area contributed by atoms with E-state index >= 15 is 0 Å². The smallest absolute Gasteiger partial charge is 0.316 e. The Morgan fingerprint density at radius 3 is 2.62 bits per heavy atom. The van der Waals surface area contributed by atoms with Gasteiger partial charge >= 0.3 is 6.03 Å². The van der Waals surface area contributed by atoms with Crippen molar-refractivity contribution in [1.29, 1.82) is 0 Å². The summed E-state index contributed by atoms with van der Waals surface area (Å²) < 4.78 is 0. The fraction of sp³-hybridized carbons (Fsp3) is 0.700. The number of carbonyl (C=O) groups excluding carboxylic acids is 2.